The number of benzene rings is 2. The van der Waals surface area contributed by atoms with E-state index in [1.54, 1.807) is 18.2 Å². The van der Waals surface area contributed by atoms with Crippen LogP contribution in [-0.2, 0) is 27.7 Å². The lowest BCUT2D eigenvalue weighted by atomic mass is 10.1. The molecule has 4 rings (SSSR count). The predicted octanol–water partition coefficient (Wildman–Crippen LogP) is 2.77. The number of piperazine rings is 1. The molecule has 1 saturated heterocycles. The maximum absolute atomic E-state index is 12.8. The Morgan fingerprint density at radius 1 is 1.00 bits per heavy atom. The number of aryl methyl sites for hydroxylation is 2. The minimum atomic E-state index is -3.57. The molecule has 1 amide bonds. The lowest BCUT2D eigenvalue weighted by Gasteiger charge is -2.33. The molecule has 0 spiro atoms. The van der Waals surface area contributed by atoms with Gasteiger partial charge in [0.25, 0.3) is 0 Å². The number of halogens is 1. The van der Waals surface area contributed by atoms with Gasteiger partial charge in [-0.05, 0) is 60.7 Å². The van der Waals surface area contributed by atoms with Crippen LogP contribution in [0.25, 0.3) is 0 Å². The van der Waals surface area contributed by atoms with Gasteiger partial charge in [0.05, 0.1) is 11.4 Å². The lowest BCUT2D eigenvalue weighted by molar-refractivity contribution is -0.117. The molecule has 0 unspecified atom stereocenters. The second-order valence-electron chi connectivity index (χ2n) is 7.52. The summed E-state index contributed by atoms with van der Waals surface area (Å²) in [7, 11) is -3.57. The van der Waals surface area contributed by atoms with E-state index >= 15 is 0 Å². The van der Waals surface area contributed by atoms with Crippen LogP contribution in [0.5, 0.6) is 0 Å². The summed E-state index contributed by atoms with van der Waals surface area (Å²) >= 11 is 5.93. The van der Waals surface area contributed by atoms with Gasteiger partial charge in [0.2, 0.25) is 15.9 Å². The van der Waals surface area contributed by atoms with Gasteiger partial charge in [-0.3, -0.25) is 9.69 Å². The van der Waals surface area contributed by atoms with E-state index in [0.717, 1.165) is 18.5 Å². The van der Waals surface area contributed by atoms with Crippen LogP contribution in [0.2, 0.25) is 5.02 Å². The van der Waals surface area contributed by atoms with Crippen molar-refractivity contribution >= 4 is 33.2 Å². The number of carbonyl (C=O) groups excluding carboxylic acids is 1. The Morgan fingerprint density at radius 2 is 1.76 bits per heavy atom. The zero-order valence-electron chi connectivity index (χ0n) is 16.1. The van der Waals surface area contributed by atoms with E-state index in [9.17, 15) is 13.2 Å². The van der Waals surface area contributed by atoms with E-state index in [-0.39, 0.29) is 17.3 Å². The van der Waals surface area contributed by atoms with Crippen LogP contribution in [0.1, 0.15) is 17.5 Å². The highest BCUT2D eigenvalue weighted by atomic mass is 35.5. The number of fused-ring (bicyclic) bond motifs is 1. The van der Waals surface area contributed by atoms with Crippen molar-refractivity contribution in [3.8, 4) is 0 Å². The second-order valence-corrected chi connectivity index (χ2v) is 9.90. The summed E-state index contributed by atoms with van der Waals surface area (Å²) in [5.41, 5.74) is 3.53. The molecular formula is C21H24ClN3O3S. The molecule has 0 saturated carbocycles. The molecule has 1 aliphatic carbocycles. The van der Waals surface area contributed by atoms with Gasteiger partial charge in [0.15, 0.2) is 0 Å². The first-order valence-corrected chi connectivity index (χ1v) is 11.6. The largest absolute Gasteiger partial charge is 0.325 e. The van der Waals surface area contributed by atoms with Crippen LogP contribution in [0.3, 0.4) is 0 Å². The molecule has 2 aromatic carbocycles. The van der Waals surface area contributed by atoms with Crippen molar-refractivity contribution in [2.75, 3.05) is 38.0 Å². The fourth-order valence-corrected chi connectivity index (χ4v) is 5.68. The Balaban J connectivity index is 1.31. The summed E-state index contributed by atoms with van der Waals surface area (Å²) in [4.78, 5) is 14.6. The van der Waals surface area contributed by atoms with Gasteiger partial charge in [-0.25, -0.2) is 8.42 Å². The van der Waals surface area contributed by atoms with Gasteiger partial charge in [-0.15, -0.1) is 0 Å². The molecule has 1 fully saturated rings. The molecule has 8 heteroatoms. The molecule has 1 heterocycles. The maximum atomic E-state index is 12.8. The van der Waals surface area contributed by atoms with Crippen molar-refractivity contribution in [1.29, 1.82) is 0 Å². The van der Waals surface area contributed by atoms with E-state index in [4.69, 9.17) is 11.6 Å². The van der Waals surface area contributed by atoms with E-state index in [0.29, 0.717) is 31.2 Å². The Bertz CT molecular complexity index is 1020. The van der Waals surface area contributed by atoms with Gasteiger partial charge in [0.1, 0.15) is 0 Å². The average molecular weight is 434 g/mol. The van der Waals surface area contributed by atoms with Gasteiger partial charge in [-0.2, -0.15) is 4.31 Å². The van der Waals surface area contributed by atoms with Crippen LogP contribution in [0, 0.1) is 0 Å². The number of hydrogen-bond donors (Lipinski definition) is 1. The van der Waals surface area contributed by atoms with E-state index in [1.807, 2.05) is 11.0 Å². The molecule has 0 atom stereocenters. The number of carbonyl (C=O) groups is 1. The third-order valence-electron chi connectivity index (χ3n) is 5.51. The Morgan fingerprint density at radius 3 is 2.52 bits per heavy atom. The number of nitrogens with zero attached hydrogens (tertiary/aromatic N) is 2. The number of nitrogens with one attached hydrogen (secondary N) is 1. The van der Waals surface area contributed by atoms with Crippen LogP contribution in [0.15, 0.2) is 47.4 Å². The minimum Gasteiger partial charge on any atom is -0.325 e. The van der Waals surface area contributed by atoms with E-state index in [2.05, 4.69) is 17.4 Å². The van der Waals surface area contributed by atoms with Gasteiger partial charge >= 0.3 is 0 Å². The fourth-order valence-electron chi connectivity index (χ4n) is 3.96. The van der Waals surface area contributed by atoms with Gasteiger partial charge in [0, 0.05) is 36.9 Å². The Hall–Kier alpha value is -1.93. The molecule has 2 aliphatic rings. The quantitative estimate of drug-likeness (QED) is 0.787. The number of anilines is 1. The fraction of sp³-hybridized carbons (Fsp3) is 0.381. The molecule has 1 aliphatic heterocycles. The summed E-state index contributed by atoms with van der Waals surface area (Å²) in [6, 6.07) is 12.4. The summed E-state index contributed by atoms with van der Waals surface area (Å²) in [6.45, 7) is 1.97. The number of amides is 1. The van der Waals surface area contributed by atoms with Crippen molar-refractivity contribution < 1.29 is 13.2 Å². The standard InChI is InChI=1S/C21H24ClN3O3S/c22-18-5-2-6-20(14-18)29(27,28)25-11-9-24(10-12-25)15-21(26)23-19-8-7-16-3-1-4-17(16)13-19/h2,5-8,13-14H,1,3-4,9-12,15H2,(H,23,26). The highest BCUT2D eigenvalue weighted by Gasteiger charge is 2.29. The molecular weight excluding hydrogens is 410 g/mol. The Kier molecular flexibility index (Phi) is 5.92. The molecule has 29 heavy (non-hydrogen) atoms. The van der Waals surface area contributed by atoms with Crippen molar-refractivity contribution in [3.63, 3.8) is 0 Å². The topological polar surface area (TPSA) is 69.7 Å². The smallest absolute Gasteiger partial charge is 0.243 e. The molecule has 0 radical (unpaired) electrons. The van der Waals surface area contributed by atoms with Gasteiger partial charge < -0.3 is 5.32 Å². The summed E-state index contributed by atoms with van der Waals surface area (Å²) < 4.78 is 27.0. The molecule has 2 aromatic rings. The maximum Gasteiger partial charge on any atom is 0.243 e. The van der Waals surface area contributed by atoms with Crippen LogP contribution >= 0.6 is 11.6 Å². The zero-order chi connectivity index (χ0) is 20.4. The molecule has 0 bridgehead atoms. The highest BCUT2D eigenvalue weighted by molar-refractivity contribution is 7.89. The first-order chi connectivity index (χ1) is 13.9. The summed E-state index contributed by atoms with van der Waals surface area (Å²) in [5.74, 6) is -0.0749. The van der Waals surface area contributed by atoms with Crippen molar-refractivity contribution in [1.82, 2.24) is 9.21 Å². The first-order valence-electron chi connectivity index (χ1n) is 9.81. The molecule has 1 N–H and O–H groups in total. The zero-order valence-corrected chi connectivity index (χ0v) is 17.7. The third-order valence-corrected chi connectivity index (χ3v) is 7.64. The monoisotopic (exact) mass is 433 g/mol. The number of rotatable bonds is 5. The predicted molar refractivity (Wildman–Crippen MR) is 114 cm³/mol. The SMILES string of the molecule is O=C(CN1CCN(S(=O)(=O)c2cccc(Cl)c2)CC1)Nc1ccc2c(c1)CCC2. The van der Waals surface area contributed by atoms with E-state index < -0.39 is 10.0 Å². The van der Waals surface area contributed by atoms with Crippen LogP contribution in [0.4, 0.5) is 5.69 Å². The van der Waals surface area contributed by atoms with Crippen LogP contribution in [-0.4, -0.2) is 56.3 Å². The van der Waals surface area contributed by atoms with E-state index in [1.165, 1.54) is 27.9 Å². The third kappa shape index (κ3) is 4.64. The van der Waals surface area contributed by atoms with Gasteiger partial charge in [-0.1, -0.05) is 23.7 Å². The normalized spacial score (nSPS) is 17.8. The minimum absolute atomic E-state index is 0.0749. The number of sulfonamides is 1. The number of hydrogen-bond acceptors (Lipinski definition) is 4. The van der Waals surface area contributed by atoms with Crippen molar-refractivity contribution in [2.24, 2.45) is 0 Å². The molecule has 6 nitrogen and oxygen atoms in total. The second kappa shape index (κ2) is 8.44. The highest BCUT2D eigenvalue weighted by Crippen LogP contribution is 2.25. The molecule has 154 valence electrons. The van der Waals surface area contributed by atoms with Crippen molar-refractivity contribution in [3.05, 3.63) is 58.6 Å². The van der Waals surface area contributed by atoms with Crippen molar-refractivity contribution in [2.45, 2.75) is 24.2 Å². The summed E-state index contributed by atoms with van der Waals surface area (Å²) in [5, 5.41) is 3.36. The average Bonchev–Trinajstić information content (AvgIpc) is 3.16. The summed E-state index contributed by atoms with van der Waals surface area (Å²) in [6.07, 6.45) is 3.36. The lowest BCUT2D eigenvalue weighted by Crippen LogP contribution is -2.50. The first kappa shape index (κ1) is 20.3. The Labute approximate surface area is 176 Å². The van der Waals surface area contributed by atoms with Crippen LogP contribution < -0.4 is 5.32 Å². The molecule has 0 aromatic heterocycles.